The van der Waals surface area contributed by atoms with Crippen LogP contribution in [0.3, 0.4) is 0 Å². The summed E-state index contributed by atoms with van der Waals surface area (Å²) in [6.45, 7) is 10.3. The van der Waals surface area contributed by atoms with Crippen LogP contribution in [-0.4, -0.2) is 19.3 Å². The molecule has 0 fully saturated rings. The van der Waals surface area contributed by atoms with E-state index in [1.807, 2.05) is 0 Å². The van der Waals surface area contributed by atoms with Crippen molar-refractivity contribution in [2.24, 2.45) is 5.92 Å². The SMILES string of the molecule is CC(C)COCC(C)NC(C)c1ccsc1. The van der Waals surface area contributed by atoms with E-state index in [-0.39, 0.29) is 0 Å². The zero-order valence-corrected chi connectivity index (χ0v) is 11.5. The Balaban J connectivity index is 2.21. The lowest BCUT2D eigenvalue weighted by atomic mass is 10.1. The van der Waals surface area contributed by atoms with Crippen LogP contribution in [-0.2, 0) is 4.74 Å². The van der Waals surface area contributed by atoms with Gasteiger partial charge in [0.2, 0.25) is 0 Å². The first kappa shape index (κ1) is 13.7. The second-order valence-corrected chi connectivity index (χ2v) is 5.56. The largest absolute Gasteiger partial charge is 0.380 e. The van der Waals surface area contributed by atoms with Gasteiger partial charge < -0.3 is 10.1 Å². The van der Waals surface area contributed by atoms with Crippen molar-refractivity contribution in [2.45, 2.75) is 39.8 Å². The third-order valence-electron chi connectivity index (χ3n) is 2.40. The molecule has 0 aliphatic rings. The molecule has 0 radical (unpaired) electrons. The molecule has 0 aliphatic heterocycles. The van der Waals surface area contributed by atoms with E-state index < -0.39 is 0 Å². The van der Waals surface area contributed by atoms with Gasteiger partial charge in [-0.15, -0.1) is 0 Å². The van der Waals surface area contributed by atoms with Crippen molar-refractivity contribution in [1.29, 1.82) is 0 Å². The molecule has 1 aromatic heterocycles. The Morgan fingerprint density at radius 1 is 1.25 bits per heavy atom. The highest BCUT2D eigenvalue weighted by molar-refractivity contribution is 7.07. The Kier molecular flexibility index (Phi) is 6.03. The second kappa shape index (κ2) is 7.05. The van der Waals surface area contributed by atoms with Crippen molar-refractivity contribution in [1.82, 2.24) is 5.32 Å². The van der Waals surface area contributed by atoms with Gasteiger partial charge in [0, 0.05) is 18.7 Å². The molecule has 0 aliphatic carbocycles. The highest BCUT2D eigenvalue weighted by atomic mass is 32.1. The van der Waals surface area contributed by atoms with Crippen molar-refractivity contribution in [3.63, 3.8) is 0 Å². The molecule has 16 heavy (non-hydrogen) atoms. The van der Waals surface area contributed by atoms with Crippen LogP contribution >= 0.6 is 11.3 Å². The zero-order chi connectivity index (χ0) is 12.0. The van der Waals surface area contributed by atoms with Gasteiger partial charge >= 0.3 is 0 Å². The summed E-state index contributed by atoms with van der Waals surface area (Å²) in [5.41, 5.74) is 1.36. The van der Waals surface area contributed by atoms with E-state index >= 15 is 0 Å². The maximum atomic E-state index is 5.62. The summed E-state index contributed by atoms with van der Waals surface area (Å²) < 4.78 is 5.62. The summed E-state index contributed by atoms with van der Waals surface area (Å²) >= 11 is 1.75. The Morgan fingerprint density at radius 2 is 2.00 bits per heavy atom. The quantitative estimate of drug-likeness (QED) is 0.789. The van der Waals surface area contributed by atoms with Gasteiger partial charge in [-0.25, -0.2) is 0 Å². The van der Waals surface area contributed by atoms with Gasteiger partial charge in [0.25, 0.3) is 0 Å². The Hall–Kier alpha value is -0.380. The summed E-state index contributed by atoms with van der Waals surface area (Å²) in [5, 5.41) is 7.85. The van der Waals surface area contributed by atoms with Gasteiger partial charge in [-0.2, -0.15) is 11.3 Å². The first-order valence-electron chi connectivity index (χ1n) is 5.95. The van der Waals surface area contributed by atoms with Gasteiger partial charge in [0.05, 0.1) is 6.61 Å². The highest BCUT2D eigenvalue weighted by Crippen LogP contribution is 2.16. The van der Waals surface area contributed by atoms with E-state index in [1.165, 1.54) is 5.56 Å². The monoisotopic (exact) mass is 241 g/mol. The molecule has 1 rings (SSSR count). The number of nitrogens with one attached hydrogen (secondary N) is 1. The van der Waals surface area contributed by atoms with Crippen LogP contribution in [0.25, 0.3) is 0 Å². The molecular weight excluding hydrogens is 218 g/mol. The zero-order valence-electron chi connectivity index (χ0n) is 10.7. The van der Waals surface area contributed by atoms with Crippen LogP contribution < -0.4 is 5.32 Å². The van der Waals surface area contributed by atoms with E-state index in [9.17, 15) is 0 Å². The minimum atomic E-state index is 0.397. The minimum Gasteiger partial charge on any atom is -0.380 e. The number of ether oxygens (including phenoxy) is 1. The van der Waals surface area contributed by atoms with Crippen molar-refractivity contribution in [3.8, 4) is 0 Å². The fourth-order valence-electron chi connectivity index (χ4n) is 1.57. The lowest BCUT2D eigenvalue weighted by Crippen LogP contribution is -2.33. The average Bonchev–Trinajstić information content (AvgIpc) is 2.69. The van der Waals surface area contributed by atoms with Gasteiger partial charge in [-0.05, 0) is 42.2 Å². The summed E-state index contributed by atoms with van der Waals surface area (Å²) in [4.78, 5) is 0. The van der Waals surface area contributed by atoms with Crippen LogP contribution in [0.15, 0.2) is 16.8 Å². The number of hydrogen-bond acceptors (Lipinski definition) is 3. The average molecular weight is 241 g/mol. The molecule has 0 saturated heterocycles. The molecule has 0 amide bonds. The maximum absolute atomic E-state index is 5.62. The molecule has 0 spiro atoms. The van der Waals surface area contributed by atoms with Crippen LogP contribution in [0.4, 0.5) is 0 Å². The third kappa shape index (κ3) is 5.10. The van der Waals surface area contributed by atoms with E-state index in [0.717, 1.165) is 13.2 Å². The lowest BCUT2D eigenvalue weighted by Gasteiger charge is -2.20. The summed E-state index contributed by atoms with van der Waals surface area (Å²) in [6.07, 6.45) is 0. The van der Waals surface area contributed by atoms with E-state index in [4.69, 9.17) is 4.74 Å². The number of thiophene rings is 1. The van der Waals surface area contributed by atoms with Crippen molar-refractivity contribution in [2.75, 3.05) is 13.2 Å². The number of hydrogen-bond donors (Lipinski definition) is 1. The predicted molar refractivity (Wildman–Crippen MR) is 71.0 cm³/mol. The molecule has 1 heterocycles. The fraction of sp³-hybridized carbons (Fsp3) is 0.692. The standard InChI is InChI=1S/C13H23NOS/c1-10(2)7-15-8-11(3)14-12(4)13-5-6-16-9-13/h5-6,9-12,14H,7-8H2,1-4H3. The lowest BCUT2D eigenvalue weighted by molar-refractivity contribution is 0.0915. The fourth-order valence-corrected chi connectivity index (χ4v) is 2.33. The van der Waals surface area contributed by atoms with E-state index in [1.54, 1.807) is 11.3 Å². The first-order valence-corrected chi connectivity index (χ1v) is 6.89. The van der Waals surface area contributed by atoms with Crippen LogP contribution in [0.1, 0.15) is 39.3 Å². The topological polar surface area (TPSA) is 21.3 Å². The Bertz CT molecular complexity index is 271. The van der Waals surface area contributed by atoms with E-state index in [2.05, 4.69) is 49.8 Å². The summed E-state index contributed by atoms with van der Waals surface area (Å²) in [5.74, 6) is 0.612. The van der Waals surface area contributed by atoms with Gasteiger partial charge in [-0.1, -0.05) is 13.8 Å². The van der Waals surface area contributed by atoms with Gasteiger partial charge in [0.1, 0.15) is 0 Å². The smallest absolute Gasteiger partial charge is 0.0617 e. The molecule has 0 aromatic carbocycles. The van der Waals surface area contributed by atoms with Crippen LogP contribution in [0, 0.1) is 5.92 Å². The molecule has 2 unspecified atom stereocenters. The summed E-state index contributed by atoms with van der Waals surface area (Å²) in [7, 11) is 0. The van der Waals surface area contributed by atoms with Crippen molar-refractivity contribution >= 4 is 11.3 Å². The van der Waals surface area contributed by atoms with E-state index in [0.29, 0.717) is 18.0 Å². The Labute approximate surface area is 103 Å². The molecular formula is C13H23NOS. The Morgan fingerprint density at radius 3 is 2.56 bits per heavy atom. The van der Waals surface area contributed by atoms with Gasteiger partial charge in [0.15, 0.2) is 0 Å². The number of rotatable bonds is 7. The molecule has 1 aromatic rings. The molecule has 2 nitrogen and oxygen atoms in total. The van der Waals surface area contributed by atoms with Crippen LogP contribution in [0.2, 0.25) is 0 Å². The predicted octanol–water partition coefficient (Wildman–Crippen LogP) is 3.46. The molecule has 1 N–H and O–H groups in total. The summed E-state index contributed by atoms with van der Waals surface area (Å²) in [6, 6.07) is 2.97. The third-order valence-corrected chi connectivity index (χ3v) is 3.10. The molecule has 2 atom stereocenters. The van der Waals surface area contributed by atoms with Crippen LogP contribution in [0.5, 0.6) is 0 Å². The highest BCUT2D eigenvalue weighted by Gasteiger charge is 2.09. The molecule has 3 heteroatoms. The minimum absolute atomic E-state index is 0.397. The van der Waals surface area contributed by atoms with Gasteiger partial charge in [-0.3, -0.25) is 0 Å². The first-order chi connectivity index (χ1) is 7.59. The normalized spacial score (nSPS) is 15.3. The molecule has 0 saturated carbocycles. The maximum Gasteiger partial charge on any atom is 0.0617 e. The van der Waals surface area contributed by atoms with Crippen molar-refractivity contribution < 1.29 is 4.74 Å². The molecule has 92 valence electrons. The van der Waals surface area contributed by atoms with Crippen molar-refractivity contribution in [3.05, 3.63) is 22.4 Å². The molecule has 0 bridgehead atoms. The second-order valence-electron chi connectivity index (χ2n) is 4.78.